The molecule has 4 heteroatoms. The lowest BCUT2D eigenvalue weighted by molar-refractivity contribution is 0.301. The third-order valence-electron chi connectivity index (χ3n) is 2.46. The van der Waals surface area contributed by atoms with Crippen LogP contribution in [0.5, 0.6) is 5.75 Å². The van der Waals surface area contributed by atoms with Crippen LogP contribution in [0.4, 0.5) is 0 Å². The van der Waals surface area contributed by atoms with Gasteiger partial charge >= 0.3 is 0 Å². The highest BCUT2D eigenvalue weighted by Gasteiger charge is 2.05. The summed E-state index contributed by atoms with van der Waals surface area (Å²) in [5.74, 6) is 0.811. The largest absolute Gasteiger partial charge is 0.487 e. The van der Waals surface area contributed by atoms with Gasteiger partial charge in [-0.2, -0.15) is 0 Å². The maximum atomic E-state index is 6.02. The first-order chi connectivity index (χ1) is 8.54. The average Bonchev–Trinajstić information content (AvgIpc) is 2.29. The molecule has 18 heavy (non-hydrogen) atoms. The van der Waals surface area contributed by atoms with Crippen molar-refractivity contribution in [3.05, 3.63) is 57.3 Å². The number of nitrogens with zero attached hydrogens (tertiary/aromatic N) is 1. The number of ether oxygens (including phenoxy) is 1. The molecule has 1 aromatic heterocycles. The normalized spacial score (nSPS) is 10.4. The first-order valence-corrected chi connectivity index (χ1v) is 6.32. The average molecular weight is 282 g/mol. The first-order valence-electron chi connectivity index (χ1n) is 5.56. The number of halogens is 2. The number of pyridine rings is 1. The van der Waals surface area contributed by atoms with Crippen LogP contribution in [0.25, 0.3) is 0 Å². The number of hydrogen-bond donors (Lipinski definition) is 0. The molecule has 0 aliphatic carbocycles. The second-order valence-corrected chi connectivity index (χ2v) is 4.97. The lowest BCUT2D eigenvalue weighted by Crippen LogP contribution is -2.00. The minimum absolute atomic E-state index is 0.308. The van der Waals surface area contributed by atoms with E-state index in [1.54, 1.807) is 12.1 Å². The van der Waals surface area contributed by atoms with Gasteiger partial charge in [-0.05, 0) is 49.2 Å². The highest BCUT2D eigenvalue weighted by atomic mass is 35.5. The van der Waals surface area contributed by atoms with Crippen molar-refractivity contribution in [3.63, 3.8) is 0 Å². The Morgan fingerprint density at radius 3 is 2.39 bits per heavy atom. The minimum Gasteiger partial charge on any atom is -0.487 e. The Morgan fingerprint density at radius 2 is 1.72 bits per heavy atom. The molecule has 0 saturated heterocycles. The smallest absolute Gasteiger partial charge is 0.132 e. The van der Waals surface area contributed by atoms with Crippen molar-refractivity contribution in [2.75, 3.05) is 0 Å². The number of aryl methyl sites for hydroxylation is 2. The molecule has 0 aliphatic rings. The van der Waals surface area contributed by atoms with Gasteiger partial charge in [0.05, 0.1) is 10.7 Å². The summed E-state index contributed by atoms with van der Waals surface area (Å²) in [7, 11) is 0. The van der Waals surface area contributed by atoms with E-state index in [4.69, 9.17) is 27.9 Å². The summed E-state index contributed by atoms with van der Waals surface area (Å²) in [4.78, 5) is 4.14. The molecule has 0 radical (unpaired) electrons. The molecule has 0 saturated carbocycles. The zero-order valence-corrected chi connectivity index (χ0v) is 11.7. The molecule has 0 spiro atoms. The molecule has 0 fully saturated rings. The highest BCUT2D eigenvalue weighted by molar-refractivity contribution is 6.32. The molecular weight excluding hydrogens is 269 g/mol. The van der Waals surface area contributed by atoms with Crippen molar-refractivity contribution in [1.29, 1.82) is 0 Å². The Labute approximate surface area is 117 Å². The van der Waals surface area contributed by atoms with Crippen LogP contribution in [0.1, 0.15) is 16.8 Å². The number of aromatic nitrogens is 1. The molecule has 2 aromatic rings. The van der Waals surface area contributed by atoms with Crippen molar-refractivity contribution in [1.82, 2.24) is 4.98 Å². The van der Waals surface area contributed by atoms with E-state index in [1.165, 1.54) is 0 Å². The van der Waals surface area contributed by atoms with Crippen molar-refractivity contribution in [2.24, 2.45) is 0 Å². The summed E-state index contributed by atoms with van der Waals surface area (Å²) >= 11 is 11.8. The van der Waals surface area contributed by atoms with E-state index in [0.717, 1.165) is 16.9 Å². The standard InChI is InChI=1S/C14H13Cl2NO/c1-9-5-10(2)7-11(6-9)18-8-13-12(15)3-4-14(16)17-13/h3-7H,8H2,1-2H3. The quantitative estimate of drug-likeness (QED) is 0.768. The number of benzene rings is 1. The SMILES string of the molecule is Cc1cc(C)cc(OCc2nc(Cl)ccc2Cl)c1. The highest BCUT2D eigenvalue weighted by Crippen LogP contribution is 2.21. The van der Waals surface area contributed by atoms with Crippen LogP contribution in [0.2, 0.25) is 10.2 Å². The number of hydrogen-bond acceptors (Lipinski definition) is 2. The molecule has 1 aromatic carbocycles. The van der Waals surface area contributed by atoms with E-state index in [1.807, 2.05) is 26.0 Å². The van der Waals surface area contributed by atoms with Crippen molar-refractivity contribution >= 4 is 23.2 Å². The lowest BCUT2D eigenvalue weighted by atomic mass is 10.1. The summed E-state index contributed by atoms with van der Waals surface area (Å²) in [6, 6.07) is 9.43. The maximum absolute atomic E-state index is 6.02. The van der Waals surface area contributed by atoms with Gasteiger partial charge in [-0.15, -0.1) is 0 Å². The van der Waals surface area contributed by atoms with Gasteiger partial charge in [0.25, 0.3) is 0 Å². The molecule has 0 N–H and O–H groups in total. The molecule has 0 unspecified atom stereocenters. The van der Waals surface area contributed by atoms with Crippen molar-refractivity contribution < 1.29 is 4.74 Å². The molecule has 0 amide bonds. The second kappa shape index (κ2) is 5.59. The van der Waals surface area contributed by atoms with Crippen molar-refractivity contribution in [3.8, 4) is 5.75 Å². The van der Waals surface area contributed by atoms with Crippen LogP contribution >= 0.6 is 23.2 Å². The Hall–Kier alpha value is -1.25. The predicted molar refractivity (Wildman–Crippen MR) is 74.5 cm³/mol. The van der Waals surface area contributed by atoms with Crippen LogP contribution in [-0.2, 0) is 6.61 Å². The minimum atomic E-state index is 0.308. The van der Waals surface area contributed by atoms with Gasteiger partial charge < -0.3 is 4.74 Å². The van der Waals surface area contributed by atoms with Gasteiger partial charge in [-0.3, -0.25) is 0 Å². The van der Waals surface area contributed by atoms with Crippen LogP contribution < -0.4 is 4.74 Å². The summed E-state index contributed by atoms with van der Waals surface area (Å²) in [6.07, 6.45) is 0. The lowest BCUT2D eigenvalue weighted by Gasteiger charge is -2.09. The molecule has 94 valence electrons. The molecule has 0 aliphatic heterocycles. The van der Waals surface area contributed by atoms with Crippen molar-refractivity contribution in [2.45, 2.75) is 20.5 Å². The molecule has 2 rings (SSSR count). The van der Waals surface area contributed by atoms with E-state index >= 15 is 0 Å². The van der Waals surface area contributed by atoms with E-state index in [-0.39, 0.29) is 0 Å². The van der Waals surface area contributed by atoms with Gasteiger partial charge in [0.1, 0.15) is 17.5 Å². The topological polar surface area (TPSA) is 22.1 Å². The maximum Gasteiger partial charge on any atom is 0.132 e. The van der Waals surface area contributed by atoms with E-state index in [9.17, 15) is 0 Å². The zero-order chi connectivity index (χ0) is 13.1. The molecule has 0 atom stereocenters. The van der Waals surface area contributed by atoms with Gasteiger partial charge in [0, 0.05) is 0 Å². The first kappa shape index (κ1) is 13.2. The summed E-state index contributed by atoms with van der Waals surface area (Å²) in [6.45, 7) is 4.37. The van der Waals surface area contributed by atoms with Crippen LogP contribution in [0.15, 0.2) is 30.3 Å². The number of rotatable bonds is 3. The van der Waals surface area contributed by atoms with Gasteiger partial charge in [-0.25, -0.2) is 4.98 Å². The van der Waals surface area contributed by atoms with Crippen LogP contribution in [-0.4, -0.2) is 4.98 Å². The Balaban J connectivity index is 2.13. The van der Waals surface area contributed by atoms with Gasteiger partial charge in [-0.1, -0.05) is 29.3 Å². The fourth-order valence-corrected chi connectivity index (χ4v) is 2.05. The summed E-state index contributed by atoms with van der Waals surface area (Å²) in [5.41, 5.74) is 2.97. The summed E-state index contributed by atoms with van der Waals surface area (Å²) < 4.78 is 5.68. The third kappa shape index (κ3) is 3.37. The molecular formula is C14H13Cl2NO. The Kier molecular flexibility index (Phi) is 4.10. The predicted octanol–water partition coefficient (Wildman–Crippen LogP) is 4.58. The Morgan fingerprint density at radius 1 is 1.06 bits per heavy atom. The van der Waals surface area contributed by atoms with E-state index in [2.05, 4.69) is 11.1 Å². The van der Waals surface area contributed by atoms with Crippen LogP contribution in [0.3, 0.4) is 0 Å². The summed E-state index contributed by atoms with van der Waals surface area (Å²) in [5, 5.41) is 0.974. The van der Waals surface area contributed by atoms with Gasteiger partial charge in [0.15, 0.2) is 0 Å². The molecule has 1 heterocycles. The molecule has 0 bridgehead atoms. The molecule has 2 nitrogen and oxygen atoms in total. The fraction of sp³-hybridized carbons (Fsp3) is 0.214. The monoisotopic (exact) mass is 281 g/mol. The third-order valence-corrected chi connectivity index (χ3v) is 3.01. The zero-order valence-electron chi connectivity index (χ0n) is 10.2. The van der Waals surface area contributed by atoms with Crippen LogP contribution in [0, 0.1) is 13.8 Å². The van der Waals surface area contributed by atoms with E-state index < -0.39 is 0 Å². The Bertz CT molecular complexity index is 549. The van der Waals surface area contributed by atoms with Gasteiger partial charge in [0.2, 0.25) is 0 Å². The van der Waals surface area contributed by atoms with E-state index in [0.29, 0.717) is 22.5 Å². The second-order valence-electron chi connectivity index (χ2n) is 4.17. The fourth-order valence-electron chi connectivity index (χ4n) is 1.73.